The van der Waals surface area contributed by atoms with Crippen molar-refractivity contribution >= 4 is 23.4 Å². The summed E-state index contributed by atoms with van der Waals surface area (Å²) in [4.78, 5) is 47.6. The Bertz CT molecular complexity index is 908. The van der Waals surface area contributed by atoms with Crippen LogP contribution in [0.5, 0.6) is 0 Å². The van der Waals surface area contributed by atoms with Crippen molar-refractivity contribution < 1.29 is 23.9 Å². The van der Waals surface area contributed by atoms with Gasteiger partial charge in [0.25, 0.3) is 0 Å². The highest BCUT2D eigenvalue weighted by Crippen LogP contribution is 2.26. The molecule has 0 saturated carbocycles. The van der Waals surface area contributed by atoms with Crippen LogP contribution in [0.25, 0.3) is 0 Å². The minimum atomic E-state index is -0.226. The van der Waals surface area contributed by atoms with Crippen molar-refractivity contribution in [2.75, 3.05) is 26.8 Å². The second-order valence-electron chi connectivity index (χ2n) is 9.24. The molecule has 198 valence electrons. The van der Waals surface area contributed by atoms with Crippen molar-refractivity contribution in [2.45, 2.75) is 77.7 Å². The molecule has 2 amide bonds. The van der Waals surface area contributed by atoms with Gasteiger partial charge in [-0.3, -0.25) is 14.4 Å². The van der Waals surface area contributed by atoms with Crippen molar-refractivity contribution in [3.63, 3.8) is 0 Å². The highest BCUT2D eigenvalue weighted by Gasteiger charge is 2.19. The molecule has 8 heteroatoms. The average Bonchev–Trinajstić information content (AvgIpc) is 2.89. The number of hydrogen-bond acceptors (Lipinski definition) is 6. The van der Waals surface area contributed by atoms with E-state index < -0.39 is 0 Å². The van der Waals surface area contributed by atoms with Gasteiger partial charge in [-0.25, -0.2) is 0 Å². The predicted molar refractivity (Wildman–Crippen MR) is 139 cm³/mol. The Morgan fingerprint density at radius 2 is 1.61 bits per heavy atom. The lowest BCUT2D eigenvalue weighted by molar-refractivity contribution is -0.126. The van der Waals surface area contributed by atoms with Gasteiger partial charge in [0, 0.05) is 56.4 Å². The number of amides is 2. The number of carbonyl (C=O) groups excluding carboxylic acids is 4. The van der Waals surface area contributed by atoms with Crippen molar-refractivity contribution in [3.05, 3.63) is 46.7 Å². The standard InChI is InChI=1S/C28H41N3O5/c1-21(32)9-4-3-7-17-30-26(33)12-8-18-36-20-27(34)31-19-22-13-15-23(16-14-22)28(35)24-10-5-6-11-25(24)29-2/h13-16,29H,3-12,17-20H2,1-2H3,(H,30,33)(H,31,34). The summed E-state index contributed by atoms with van der Waals surface area (Å²) in [6, 6.07) is 7.34. The number of ketones is 2. The molecule has 0 unspecified atom stereocenters. The van der Waals surface area contributed by atoms with Crippen LogP contribution < -0.4 is 16.0 Å². The van der Waals surface area contributed by atoms with Gasteiger partial charge in [0.15, 0.2) is 5.78 Å². The number of unbranched alkanes of at least 4 members (excludes halogenated alkanes) is 2. The third-order valence-corrected chi connectivity index (χ3v) is 6.20. The smallest absolute Gasteiger partial charge is 0.246 e. The van der Waals surface area contributed by atoms with Crippen molar-refractivity contribution in [1.82, 2.24) is 16.0 Å². The van der Waals surface area contributed by atoms with Crippen LogP contribution in [-0.4, -0.2) is 50.2 Å². The van der Waals surface area contributed by atoms with Gasteiger partial charge in [-0.05, 0) is 57.4 Å². The molecule has 1 aliphatic rings. The second kappa shape index (κ2) is 16.6. The third kappa shape index (κ3) is 11.2. The summed E-state index contributed by atoms with van der Waals surface area (Å²) in [5.41, 5.74) is 3.49. The first-order valence-corrected chi connectivity index (χ1v) is 13.0. The van der Waals surface area contributed by atoms with E-state index in [0.29, 0.717) is 44.5 Å². The molecule has 0 bridgehead atoms. The number of ether oxygens (including phenoxy) is 1. The Morgan fingerprint density at radius 1 is 0.861 bits per heavy atom. The first-order valence-electron chi connectivity index (χ1n) is 13.0. The summed E-state index contributed by atoms with van der Waals surface area (Å²) in [5, 5.41) is 8.83. The minimum absolute atomic E-state index is 0.0292. The number of carbonyl (C=O) groups is 4. The predicted octanol–water partition coefficient (Wildman–Crippen LogP) is 3.60. The lowest BCUT2D eigenvalue weighted by Crippen LogP contribution is -2.28. The zero-order valence-corrected chi connectivity index (χ0v) is 21.8. The van der Waals surface area contributed by atoms with Gasteiger partial charge in [0.1, 0.15) is 12.4 Å². The van der Waals surface area contributed by atoms with Crippen LogP contribution in [0.1, 0.15) is 87.1 Å². The Kier molecular flexibility index (Phi) is 13.5. The number of nitrogens with one attached hydrogen (secondary N) is 3. The van der Waals surface area contributed by atoms with Crippen LogP contribution in [0, 0.1) is 0 Å². The fourth-order valence-electron chi connectivity index (χ4n) is 4.12. The van der Waals surface area contributed by atoms with Crippen LogP contribution in [-0.2, 0) is 25.7 Å². The average molecular weight is 500 g/mol. The van der Waals surface area contributed by atoms with E-state index >= 15 is 0 Å². The second-order valence-corrected chi connectivity index (χ2v) is 9.24. The van der Waals surface area contributed by atoms with Crippen LogP contribution in [0.2, 0.25) is 0 Å². The van der Waals surface area contributed by atoms with Crippen LogP contribution in [0.15, 0.2) is 35.5 Å². The van der Waals surface area contributed by atoms with Gasteiger partial charge >= 0.3 is 0 Å². The highest BCUT2D eigenvalue weighted by atomic mass is 16.5. The molecule has 3 N–H and O–H groups in total. The zero-order valence-electron chi connectivity index (χ0n) is 21.8. The molecule has 0 atom stereocenters. The lowest BCUT2D eigenvalue weighted by atomic mass is 9.90. The molecule has 1 aliphatic carbocycles. The van der Waals surface area contributed by atoms with E-state index in [9.17, 15) is 19.2 Å². The molecule has 0 heterocycles. The maximum Gasteiger partial charge on any atom is 0.246 e. The quantitative estimate of drug-likeness (QED) is 0.223. The van der Waals surface area contributed by atoms with E-state index in [4.69, 9.17) is 4.74 Å². The summed E-state index contributed by atoms with van der Waals surface area (Å²) < 4.78 is 5.37. The van der Waals surface area contributed by atoms with E-state index in [-0.39, 0.29) is 30.0 Å². The van der Waals surface area contributed by atoms with Gasteiger partial charge < -0.3 is 25.5 Å². The SMILES string of the molecule is CNC1=C(C(=O)c2ccc(CNC(=O)COCCCC(=O)NCCCCCC(C)=O)cc2)CCCC1. The summed E-state index contributed by atoms with van der Waals surface area (Å²) >= 11 is 0. The number of Topliss-reactive ketones (excluding diaryl/α,β-unsaturated/α-hetero) is 2. The summed E-state index contributed by atoms with van der Waals surface area (Å²) in [6.07, 6.45) is 8.02. The normalized spacial score (nSPS) is 13.3. The molecule has 0 saturated heterocycles. The van der Waals surface area contributed by atoms with Gasteiger partial charge in [0.05, 0.1) is 0 Å². The van der Waals surface area contributed by atoms with Gasteiger partial charge in [-0.2, -0.15) is 0 Å². The van der Waals surface area contributed by atoms with Crippen LogP contribution in [0.4, 0.5) is 0 Å². The summed E-state index contributed by atoms with van der Waals surface area (Å²) in [5.74, 6) is 0.0157. The first kappa shape index (κ1) is 29.2. The molecule has 0 fully saturated rings. The Morgan fingerprint density at radius 3 is 2.33 bits per heavy atom. The number of hydrogen-bond donors (Lipinski definition) is 3. The molecular formula is C28H41N3O5. The summed E-state index contributed by atoms with van der Waals surface area (Å²) in [7, 11) is 1.86. The lowest BCUT2D eigenvalue weighted by Gasteiger charge is -2.19. The van der Waals surface area contributed by atoms with Crippen molar-refractivity contribution in [2.24, 2.45) is 0 Å². The monoisotopic (exact) mass is 499 g/mol. The molecule has 36 heavy (non-hydrogen) atoms. The minimum Gasteiger partial charge on any atom is -0.391 e. The topological polar surface area (TPSA) is 114 Å². The molecule has 1 aromatic carbocycles. The van der Waals surface area contributed by atoms with Crippen molar-refractivity contribution in [1.29, 1.82) is 0 Å². The van der Waals surface area contributed by atoms with Crippen LogP contribution in [0.3, 0.4) is 0 Å². The largest absolute Gasteiger partial charge is 0.391 e. The zero-order chi connectivity index (χ0) is 26.2. The molecular weight excluding hydrogens is 458 g/mol. The van der Waals surface area contributed by atoms with Gasteiger partial charge in [-0.15, -0.1) is 0 Å². The highest BCUT2D eigenvalue weighted by molar-refractivity contribution is 6.09. The molecule has 0 aromatic heterocycles. The maximum absolute atomic E-state index is 12.9. The van der Waals surface area contributed by atoms with E-state index in [0.717, 1.165) is 61.8 Å². The van der Waals surface area contributed by atoms with Gasteiger partial charge in [-0.1, -0.05) is 30.7 Å². The van der Waals surface area contributed by atoms with E-state index in [2.05, 4.69) is 16.0 Å². The number of allylic oxidation sites excluding steroid dienone is 2. The Hall–Kier alpha value is -3.00. The molecule has 1 aromatic rings. The fraction of sp³-hybridized carbons (Fsp3) is 0.571. The number of rotatable bonds is 17. The fourth-order valence-corrected chi connectivity index (χ4v) is 4.12. The molecule has 0 spiro atoms. The Balaban J connectivity index is 1.57. The first-order chi connectivity index (χ1) is 17.4. The van der Waals surface area contributed by atoms with Crippen molar-refractivity contribution in [3.8, 4) is 0 Å². The molecule has 0 radical (unpaired) electrons. The summed E-state index contributed by atoms with van der Waals surface area (Å²) in [6.45, 7) is 2.84. The molecule has 0 aliphatic heterocycles. The maximum atomic E-state index is 12.9. The van der Waals surface area contributed by atoms with E-state index in [1.165, 1.54) is 0 Å². The number of benzene rings is 1. The molecule has 2 rings (SSSR count). The Labute approximate surface area is 214 Å². The third-order valence-electron chi connectivity index (χ3n) is 6.20. The molecule has 8 nitrogen and oxygen atoms in total. The van der Waals surface area contributed by atoms with Crippen LogP contribution >= 0.6 is 0 Å². The van der Waals surface area contributed by atoms with E-state index in [1.54, 1.807) is 6.92 Å². The van der Waals surface area contributed by atoms with E-state index in [1.807, 2.05) is 31.3 Å². The van der Waals surface area contributed by atoms with Gasteiger partial charge in [0.2, 0.25) is 11.8 Å².